The predicted molar refractivity (Wildman–Crippen MR) is 111 cm³/mol. The second-order valence-corrected chi connectivity index (χ2v) is 9.30. The highest BCUT2D eigenvalue weighted by molar-refractivity contribution is 7.89. The Labute approximate surface area is 171 Å². The van der Waals surface area contributed by atoms with Crippen molar-refractivity contribution in [1.29, 1.82) is 0 Å². The molecule has 0 saturated carbocycles. The van der Waals surface area contributed by atoms with Gasteiger partial charge in [-0.3, -0.25) is 9.69 Å². The van der Waals surface area contributed by atoms with E-state index in [1.54, 1.807) is 48.5 Å². The molecule has 0 spiro atoms. The molecule has 1 amide bonds. The highest BCUT2D eigenvalue weighted by Gasteiger charge is 2.31. The maximum absolute atomic E-state index is 12.8. The molecule has 8 heteroatoms. The summed E-state index contributed by atoms with van der Waals surface area (Å²) < 4.78 is 27.1. The molecule has 1 saturated heterocycles. The van der Waals surface area contributed by atoms with Crippen LogP contribution in [-0.2, 0) is 14.8 Å². The Morgan fingerprint density at radius 3 is 2.14 bits per heavy atom. The van der Waals surface area contributed by atoms with E-state index in [0.29, 0.717) is 41.8 Å². The van der Waals surface area contributed by atoms with Crippen molar-refractivity contribution in [2.75, 3.05) is 31.5 Å². The van der Waals surface area contributed by atoms with Crippen molar-refractivity contribution in [2.24, 2.45) is 0 Å². The van der Waals surface area contributed by atoms with Gasteiger partial charge in [-0.15, -0.1) is 0 Å². The number of amides is 1. The lowest BCUT2D eigenvalue weighted by Crippen LogP contribution is -2.53. The molecule has 0 unspecified atom stereocenters. The maximum Gasteiger partial charge on any atom is 0.243 e. The molecule has 0 aromatic heterocycles. The Balaban J connectivity index is 1.58. The summed E-state index contributed by atoms with van der Waals surface area (Å²) >= 11 is 5.86. The quantitative estimate of drug-likeness (QED) is 0.805. The van der Waals surface area contributed by atoms with Gasteiger partial charge in [-0.25, -0.2) is 8.42 Å². The molecule has 1 aliphatic heterocycles. The fourth-order valence-corrected chi connectivity index (χ4v) is 4.68. The second kappa shape index (κ2) is 8.61. The largest absolute Gasteiger partial charge is 0.325 e. The van der Waals surface area contributed by atoms with Crippen LogP contribution in [0.3, 0.4) is 0 Å². The zero-order valence-electron chi connectivity index (χ0n) is 15.9. The van der Waals surface area contributed by atoms with Gasteiger partial charge < -0.3 is 5.32 Å². The van der Waals surface area contributed by atoms with E-state index in [2.05, 4.69) is 5.32 Å². The predicted octanol–water partition coefficient (Wildman–Crippen LogP) is 2.98. The number of aryl methyl sites for hydroxylation is 1. The first-order chi connectivity index (χ1) is 13.3. The molecule has 28 heavy (non-hydrogen) atoms. The third-order valence-electron chi connectivity index (χ3n) is 4.97. The summed E-state index contributed by atoms with van der Waals surface area (Å²) in [6.07, 6.45) is 0. The van der Waals surface area contributed by atoms with Gasteiger partial charge in [0.25, 0.3) is 0 Å². The average molecular weight is 422 g/mol. The molecular formula is C20H24ClN3O3S. The van der Waals surface area contributed by atoms with Gasteiger partial charge in [0, 0.05) is 36.9 Å². The first-order valence-corrected chi connectivity index (χ1v) is 11.0. The van der Waals surface area contributed by atoms with Crippen molar-refractivity contribution in [3.63, 3.8) is 0 Å². The van der Waals surface area contributed by atoms with Crippen molar-refractivity contribution >= 4 is 33.2 Å². The molecule has 2 aromatic rings. The molecule has 0 bridgehead atoms. The summed E-state index contributed by atoms with van der Waals surface area (Å²) in [6, 6.07) is 13.4. The van der Waals surface area contributed by atoms with Gasteiger partial charge in [-0.05, 0) is 50.2 Å². The fraction of sp³-hybridized carbons (Fsp3) is 0.350. The zero-order chi connectivity index (χ0) is 20.3. The molecule has 1 atom stereocenters. The molecule has 2 aromatic carbocycles. The van der Waals surface area contributed by atoms with Gasteiger partial charge in [0.15, 0.2) is 0 Å². The molecule has 1 N–H and O–H groups in total. The van der Waals surface area contributed by atoms with Crippen LogP contribution in [0.2, 0.25) is 5.02 Å². The van der Waals surface area contributed by atoms with Crippen LogP contribution in [0.5, 0.6) is 0 Å². The van der Waals surface area contributed by atoms with Crippen LogP contribution in [0.1, 0.15) is 12.5 Å². The first-order valence-electron chi connectivity index (χ1n) is 9.15. The lowest BCUT2D eigenvalue weighted by Gasteiger charge is -2.36. The van der Waals surface area contributed by atoms with Crippen LogP contribution < -0.4 is 5.32 Å². The summed E-state index contributed by atoms with van der Waals surface area (Å²) in [4.78, 5) is 14.8. The summed E-state index contributed by atoms with van der Waals surface area (Å²) in [6.45, 7) is 5.46. The average Bonchev–Trinajstić information content (AvgIpc) is 2.69. The Kier molecular flexibility index (Phi) is 6.40. The molecule has 150 valence electrons. The lowest BCUT2D eigenvalue weighted by molar-refractivity contribution is -0.121. The number of benzene rings is 2. The summed E-state index contributed by atoms with van der Waals surface area (Å²) in [7, 11) is -3.51. The molecule has 1 fully saturated rings. The third-order valence-corrected chi connectivity index (χ3v) is 7.14. The minimum Gasteiger partial charge on any atom is -0.325 e. The number of hydrogen-bond acceptors (Lipinski definition) is 4. The van der Waals surface area contributed by atoms with E-state index in [-0.39, 0.29) is 11.9 Å². The number of anilines is 1. The van der Waals surface area contributed by atoms with E-state index in [9.17, 15) is 13.2 Å². The van der Waals surface area contributed by atoms with E-state index in [4.69, 9.17) is 11.6 Å². The summed E-state index contributed by atoms with van der Waals surface area (Å²) in [5.41, 5.74) is 1.70. The van der Waals surface area contributed by atoms with E-state index in [0.717, 1.165) is 5.56 Å². The monoisotopic (exact) mass is 421 g/mol. The molecule has 0 radical (unpaired) electrons. The van der Waals surface area contributed by atoms with E-state index in [1.165, 1.54) is 4.31 Å². The van der Waals surface area contributed by atoms with E-state index < -0.39 is 10.0 Å². The van der Waals surface area contributed by atoms with Crippen LogP contribution in [0.25, 0.3) is 0 Å². The number of halogens is 1. The van der Waals surface area contributed by atoms with Crippen LogP contribution >= 0.6 is 11.6 Å². The number of sulfonamides is 1. The molecule has 1 aliphatic rings. The Hall–Kier alpha value is -1.93. The summed E-state index contributed by atoms with van der Waals surface area (Å²) in [5.74, 6) is -0.128. The maximum atomic E-state index is 12.8. The van der Waals surface area contributed by atoms with E-state index >= 15 is 0 Å². The van der Waals surface area contributed by atoms with Crippen molar-refractivity contribution in [2.45, 2.75) is 24.8 Å². The number of carbonyl (C=O) groups is 1. The highest BCUT2D eigenvalue weighted by Crippen LogP contribution is 2.20. The second-order valence-electron chi connectivity index (χ2n) is 6.93. The zero-order valence-corrected chi connectivity index (χ0v) is 17.5. The van der Waals surface area contributed by atoms with Crippen LogP contribution in [0.15, 0.2) is 53.4 Å². The number of piperazine rings is 1. The van der Waals surface area contributed by atoms with Gasteiger partial charge in [0.1, 0.15) is 0 Å². The molecule has 3 rings (SSSR count). The lowest BCUT2D eigenvalue weighted by atomic mass is 10.2. The number of rotatable bonds is 5. The minimum absolute atomic E-state index is 0.128. The minimum atomic E-state index is -3.51. The molecule has 6 nitrogen and oxygen atoms in total. The van der Waals surface area contributed by atoms with Crippen molar-refractivity contribution in [3.8, 4) is 0 Å². The van der Waals surface area contributed by atoms with Crippen molar-refractivity contribution in [1.82, 2.24) is 9.21 Å². The van der Waals surface area contributed by atoms with Crippen molar-refractivity contribution < 1.29 is 13.2 Å². The summed E-state index contributed by atoms with van der Waals surface area (Å²) in [5, 5.41) is 3.48. The highest BCUT2D eigenvalue weighted by atomic mass is 35.5. The third kappa shape index (κ3) is 4.72. The molecule has 1 heterocycles. The van der Waals surface area contributed by atoms with Crippen LogP contribution in [0, 0.1) is 6.92 Å². The number of carbonyl (C=O) groups excluding carboxylic acids is 1. The van der Waals surface area contributed by atoms with Gasteiger partial charge in [0.05, 0.1) is 10.9 Å². The van der Waals surface area contributed by atoms with E-state index in [1.807, 2.05) is 18.7 Å². The normalized spacial score (nSPS) is 17.2. The Bertz CT molecular complexity index is 922. The molecule has 0 aliphatic carbocycles. The number of nitrogens with one attached hydrogen (secondary N) is 1. The standard InChI is InChI=1S/C20H24ClN3O3S/c1-15-3-9-19(10-4-15)28(26,27)24-13-11-23(12-14-24)16(2)20(25)22-18-7-5-17(21)6-8-18/h3-10,16H,11-14H2,1-2H3,(H,22,25)/t16-/m1/s1. The Morgan fingerprint density at radius 2 is 1.57 bits per heavy atom. The van der Waals surface area contributed by atoms with Crippen LogP contribution in [-0.4, -0.2) is 55.8 Å². The number of nitrogens with zero attached hydrogens (tertiary/aromatic N) is 2. The van der Waals surface area contributed by atoms with Gasteiger partial charge in [-0.1, -0.05) is 29.3 Å². The van der Waals surface area contributed by atoms with Crippen molar-refractivity contribution in [3.05, 3.63) is 59.1 Å². The number of hydrogen-bond donors (Lipinski definition) is 1. The van der Waals surface area contributed by atoms with Gasteiger partial charge in [-0.2, -0.15) is 4.31 Å². The Morgan fingerprint density at radius 1 is 1.00 bits per heavy atom. The topological polar surface area (TPSA) is 69.7 Å². The first kappa shape index (κ1) is 20.8. The fourth-order valence-electron chi connectivity index (χ4n) is 3.14. The SMILES string of the molecule is Cc1ccc(S(=O)(=O)N2CCN([C@H](C)C(=O)Nc3ccc(Cl)cc3)CC2)cc1. The van der Waals surface area contributed by atoms with Gasteiger partial charge >= 0.3 is 0 Å². The molecular weight excluding hydrogens is 398 g/mol. The van der Waals surface area contributed by atoms with Gasteiger partial charge in [0.2, 0.25) is 15.9 Å². The smallest absolute Gasteiger partial charge is 0.243 e. The van der Waals surface area contributed by atoms with Crippen LogP contribution in [0.4, 0.5) is 5.69 Å².